The zero-order valence-electron chi connectivity index (χ0n) is 8.34. The molecule has 1 aromatic rings. The van der Waals surface area contributed by atoms with Crippen molar-refractivity contribution in [2.45, 2.75) is 27.2 Å². The summed E-state index contributed by atoms with van der Waals surface area (Å²) in [5, 5.41) is 0.982. The van der Waals surface area contributed by atoms with E-state index in [0.717, 1.165) is 23.1 Å². The maximum atomic E-state index is 4.33. The molecule has 0 aromatic carbocycles. The van der Waals surface area contributed by atoms with Crippen molar-refractivity contribution in [3.05, 3.63) is 23.8 Å². The van der Waals surface area contributed by atoms with E-state index in [0.29, 0.717) is 0 Å². The van der Waals surface area contributed by atoms with Crippen LogP contribution in [-0.4, -0.2) is 15.3 Å². The van der Waals surface area contributed by atoms with Gasteiger partial charge in [-0.3, -0.25) is 9.97 Å². The van der Waals surface area contributed by atoms with Crippen LogP contribution in [0.2, 0.25) is 0 Å². The van der Waals surface area contributed by atoms with Crippen molar-refractivity contribution in [1.82, 2.24) is 9.97 Å². The molecule has 0 aliphatic heterocycles. The summed E-state index contributed by atoms with van der Waals surface area (Å²) in [6.45, 7) is 6.37. The Balaban J connectivity index is 2.69. The molecule has 0 bridgehead atoms. The molecule has 0 atom stereocenters. The fraction of sp³-hybridized carbons (Fsp3) is 0.600. The van der Waals surface area contributed by atoms with Gasteiger partial charge >= 0.3 is 0 Å². The molecule has 0 N–H and O–H groups in total. The van der Waals surface area contributed by atoms with Gasteiger partial charge in [0.1, 0.15) is 0 Å². The lowest BCUT2D eigenvalue weighted by molar-refractivity contribution is 0.419. The molecule has 0 unspecified atom stereocenters. The van der Waals surface area contributed by atoms with E-state index < -0.39 is 0 Å². The Bertz CT molecular complexity index is 267. The minimum atomic E-state index is 0.254. The summed E-state index contributed by atoms with van der Waals surface area (Å²) in [5.41, 5.74) is 2.29. The number of rotatable bonds is 3. The van der Waals surface area contributed by atoms with Gasteiger partial charge < -0.3 is 0 Å². The van der Waals surface area contributed by atoms with Gasteiger partial charge in [-0.2, -0.15) is 0 Å². The van der Waals surface area contributed by atoms with Gasteiger partial charge in [0.15, 0.2) is 0 Å². The summed E-state index contributed by atoms with van der Waals surface area (Å²) in [7, 11) is 0. The van der Waals surface area contributed by atoms with Crippen LogP contribution in [0.3, 0.4) is 0 Å². The highest BCUT2D eigenvalue weighted by Gasteiger charge is 2.17. The van der Waals surface area contributed by atoms with Crippen LogP contribution >= 0.6 is 15.9 Å². The van der Waals surface area contributed by atoms with Crippen molar-refractivity contribution in [3.63, 3.8) is 0 Å². The van der Waals surface area contributed by atoms with Gasteiger partial charge in [-0.1, -0.05) is 29.8 Å². The normalized spacial score (nSPS) is 11.7. The summed E-state index contributed by atoms with van der Waals surface area (Å²) < 4.78 is 0. The first-order valence-electron chi connectivity index (χ1n) is 4.37. The fourth-order valence-corrected chi connectivity index (χ4v) is 1.25. The Kier molecular flexibility index (Phi) is 3.42. The maximum Gasteiger partial charge on any atom is 0.0592 e. The third-order valence-corrected chi connectivity index (χ3v) is 3.37. The first-order valence-corrected chi connectivity index (χ1v) is 5.49. The molecule has 0 radical (unpaired) electrons. The smallest absolute Gasteiger partial charge is 0.0592 e. The molecule has 0 fully saturated rings. The Morgan fingerprint density at radius 1 is 1.31 bits per heavy atom. The molecule has 0 spiro atoms. The predicted molar refractivity (Wildman–Crippen MR) is 58.0 cm³/mol. The zero-order chi connectivity index (χ0) is 9.90. The minimum Gasteiger partial charge on any atom is -0.258 e. The summed E-state index contributed by atoms with van der Waals surface area (Å²) in [4.78, 5) is 8.55. The van der Waals surface area contributed by atoms with Crippen LogP contribution in [0.25, 0.3) is 0 Å². The number of aryl methyl sites for hydroxylation is 1. The van der Waals surface area contributed by atoms with Crippen molar-refractivity contribution >= 4 is 15.9 Å². The molecule has 0 aliphatic rings. The topological polar surface area (TPSA) is 25.8 Å². The first kappa shape index (κ1) is 10.6. The summed E-state index contributed by atoms with van der Waals surface area (Å²) in [6, 6.07) is 0. The number of halogens is 1. The molecule has 1 rings (SSSR count). The Labute approximate surface area is 87.9 Å². The van der Waals surface area contributed by atoms with Gasteiger partial charge in [0.2, 0.25) is 0 Å². The Morgan fingerprint density at radius 2 is 2.00 bits per heavy atom. The maximum absolute atomic E-state index is 4.33. The van der Waals surface area contributed by atoms with E-state index in [4.69, 9.17) is 0 Å². The van der Waals surface area contributed by atoms with Gasteiger partial charge in [-0.25, -0.2) is 0 Å². The second kappa shape index (κ2) is 4.18. The van der Waals surface area contributed by atoms with Gasteiger partial charge in [0, 0.05) is 17.7 Å². The highest BCUT2D eigenvalue weighted by molar-refractivity contribution is 9.09. The Hall–Kier alpha value is -0.440. The molecular weight excluding hydrogens is 228 g/mol. The van der Waals surface area contributed by atoms with E-state index in [1.54, 1.807) is 0 Å². The van der Waals surface area contributed by atoms with Gasteiger partial charge in [-0.05, 0) is 18.8 Å². The Morgan fingerprint density at radius 3 is 2.46 bits per heavy atom. The molecule has 1 heterocycles. The third-order valence-electron chi connectivity index (χ3n) is 1.86. The summed E-state index contributed by atoms with van der Waals surface area (Å²) >= 11 is 3.49. The largest absolute Gasteiger partial charge is 0.258 e. The average molecular weight is 243 g/mol. The lowest BCUT2D eigenvalue weighted by atomic mass is 9.91. The van der Waals surface area contributed by atoms with E-state index in [-0.39, 0.29) is 5.41 Å². The SMILES string of the molecule is Cc1cnc(CC(C)(C)CBr)cn1. The molecule has 3 heteroatoms. The van der Waals surface area contributed by atoms with Crippen LogP contribution in [0.15, 0.2) is 12.4 Å². The molecule has 0 amide bonds. The standard InChI is InChI=1S/C10H15BrN2/c1-8-5-13-9(6-12-8)4-10(2,3)7-11/h5-6H,4,7H2,1-3H3. The molecule has 13 heavy (non-hydrogen) atoms. The molecule has 1 aromatic heterocycles. The number of nitrogens with zero attached hydrogens (tertiary/aromatic N) is 2. The van der Waals surface area contributed by atoms with Crippen molar-refractivity contribution < 1.29 is 0 Å². The van der Waals surface area contributed by atoms with Crippen LogP contribution < -0.4 is 0 Å². The molecule has 72 valence electrons. The molecule has 2 nitrogen and oxygen atoms in total. The van der Waals surface area contributed by atoms with E-state index in [2.05, 4.69) is 39.7 Å². The van der Waals surface area contributed by atoms with Crippen LogP contribution in [-0.2, 0) is 6.42 Å². The molecular formula is C10H15BrN2. The first-order chi connectivity index (χ1) is 6.03. The quantitative estimate of drug-likeness (QED) is 0.763. The highest BCUT2D eigenvalue weighted by Crippen LogP contribution is 2.22. The number of hydrogen-bond acceptors (Lipinski definition) is 2. The number of alkyl halides is 1. The van der Waals surface area contributed by atoms with E-state index in [1.807, 2.05) is 19.3 Å². The lowest BCUT2D eigenvalue weighted by Crippen LogP contribution is -2.17. The fourth-order valence-electron chi connectivity index (χ4n) is 1.05. The van der Waals surface area contributed by atoms with Crippen molar-refractivity contribution in [1.29, 1.82) is 0 Å². The average Bonchev–Trinajstić information content (AvgIpc) is 2.09. The van der Waals surface area contributed by atoms with E-state index in [1.165, 1.54) is 0 Å². The molecule has 0 saturated heterocycles. The van der Waals surface area contributed by atoms with Gasteiger partial charge in [0.25, 0.3) is 0 Å². The van der Waals surface area contributed by atoms with E-state index >= 15 is 0 Å². The van der Waals surface area contributed by atoms with Crippen LogP contribution in [0.4, 0.5) is 0 Å². The van der Waals surface area contributed by atoms with Crippen molar-refractivity contribution in [2.24, 2.45) is 5.41 Å². The van der Waals surface area contributed by atoms with Crippen LogP contribution in [0.5, 0.6) is 0 Å². The molecule has 0 saturated carbocycles. The summed E-state index contributed by atoms with van der Waals surface area (Å²) in [5.74, 6) is 0. The summed E-state index contributed by atoms with van der Waals surface area (Å²) in [6.07, 6.45) is 4.64. The third kappa shape index (κ3) is 3.43. The van der Waals surface area contributed by atoms with Crippen molar-refractivity contribution in [3.8, 4) is 0 Å². The number of hydrogen-bond donors (Lipinski definition) is 0. The monoisotopic (exact) mass is 242 g/mol. The van der Waals surface area contributed by atoms with Crippen molar-refractivity contribution in [2.75, 3.05) is 5.33 Å². The van der Waals surface area contributed by atoms with Gasteiger partial charge in [-0.15, -0.1) is 0 Å². The zero-order valence-corrected chi connectivity index (χ0v) is 9.93. The second-order valence-corrected chi connectivity index (χ2v) is 4.68. The second-order valence-electron chi connectivity index (χ2n) is 4.12. The van der Waals surface area contributed by atoms with Gasteiger partial charge in [0.05, 0.1) is 11.4 Å². The molecule has 0 aliphatic carbocycles. The number of aromatic nitrogens is 2. The van der Waals surface area contributed by atoms with E-state index in [9.17, 15) is 0 Å². The lowest BCUT2D eigenvalue weighted by Gasteiger charge is -2.20. The minimum absolute atomic E-state index is 0.254. The van der Waals surface area contributed by atoms with Crippen LogP contribution in [0, 0.1) is 12.3 Å². The predicted octanol–water partition coefficient (Wildman–Crippen LogP) is 2.75. The highest BCUT2D eigenvalue weighted by atomic mass is 79.9. The van der Waals surface area contributed by atoms with Crippen LogP contribution in [0.1, 0.15) is 25.2 Å².